The normalized spacial score (nSPS) is 12.3. The van der Waals surface area contributed by atoms with E-state index in [-0.39, 0.29) is 19.3 Å². The van der Waals surface area contributed by atoms with Crippen molar-refractivity contribution in [2.24, 2.45) is 0 Å². The van der Waals surface area contributed by atoms with Crippen molar-refractivity contribution in [2.45, 2.75) is 51.7 Å². The minimum atomic E-state index is -1.10. The lowest BCUT2D eigenvalue weighted by Gasteiger charge is -2.19. The fourth-order valence-electron chi connectivity index (χ4n) is 1.30. The van der Waals surface area contributed by atoms with Gasteiger partial charge in [-0.2, -0.15) is 0 Å². The molecule has 0 radical (unpaired) electrons. The molecule has 0 aromatic rings. The third-order valence-corrected chi connectivity index (χ3v) is 1.93. The van der Waals surface area contributed by atoms with E-state index in [1.807, 2.05) is 0 Å². The standard InChI is InChI=1S/C10H18N2O8/c1-10(2,3)19-9(13)6-4-5-8(20-12(16)17)7-18-11(14)15/h8H,4-7H2,1-3H3/t8-/m0/s1. The Bertz CT molecular complexity index is 352. The van der Waals surface area contributed by atoms with E-state index in [1.54, 1.807) is 20.8 Å². The number of esters is 1. The molecular formula is C10H18N2O8. The molecule has 0 aliphatic rings. The van der Waals surface area contributed by atoms with E-state index >= 15 is 0 Å². The first kappa shape index (κ1) is 17.9. The first-order valence-corrected chi connectivity index (χ1v) is 5.90. The summed E-state index contributed by atoms with van der Waals surface area (Å²) in [7, 11) is 0. The van der Waals surface area contributed by atoms with E-state index in [2.05, 4.69) is 9.68 Å². The van der Waals surface area contributed by atoms with Crippen LogP contribution in [0.5, 0.6) is 0 Å². The van der Waals surface area contributed by atoms with Crippen molar-refractivity contribution in [2.75, 3.05) is 6.61 Å². The lowest BCUT2D eigenvalue weighted by atomic mass is 10.1. The third kappa shape index (κ3) is 11.0. The molecule has 0 unspecified atom stereocenters. The van der Waals surface area contributed by atoms with Gasteiger partial charge in [-0.05, 0) is 33.6 Å². The van der Waals surface area contributed by atoms with Crippen LogP contribution in [0.25, 0.3) is 0 Å². The summed E-state index contributed by atoms with van der Waals surface area (Å²) in [6, 6.07) is 0. The molecule has 0 saturated carbocycles. The Balaban J connectivity index is 4.09. The topological polar surface area (TPSA) is 131 Å². The van der Waals surface area contributed by atoms with E-state index in [0.29, 0.717) is 0 Å². The van der Waals surface area contributed by atoms with Crippen LogP contribution in [-0.2, 0) is 19.2 Å². The van der Waals surface area contributed by atoms with Gasteiger partial charge in [-0.1, -0.05) is 0 Å². The number of carbonyl (C=O) groups excluding carboxylic acids is 1. The molecule has 0 spiro atoms. The van der Waals surface area contributed by atoms with Crippen molar-refractivity contribution in [3.8, 4) is 0 Å². The molecule has 116 valence electrons. The highest BCUT2D eigenvalue weighted by atomic mass is 17.0. The molecule has 10 heteroatoms. The largest absolute Gasteiger partial charge is 0.460 e. The van der Waals surface area contributed by atoms with Crippen molar-refractivity contribution in [1.82, 2.24) is 0 Å². The fourth-order valence-corrected chi connectivity index (χ4v) is 1.30. The maximum Gasteiger partial charge on any atom is 0.306 e. The summed E-state index contributed by atoms with van der Waals surface area (Å²) in [5, 5.41) is 18.1. The Hall–Kier alpha value is -2.13. The summed E-state index contributed by atoms with van der Waals surface area (Å²) in [4.78, 5) is 39.9. The van der Waals surface area contributed by atoms with Crippen LogP contribution in [0.3, 0.4) is 0 Å². The molecule has 0 saturated heterocycles. The van der Waals surface area contributed by atoms with Gasteiger partial charge >= 0.3 is 5.97 Å². The second-order valence-corrected chi connectivity index (χ2v) is 4.95. The summed E-state index contributed by atoms with van der Waals surface area (Å²) in [5.74, 6) is -0.451. The van der Waals surface area contributed by atoms with Crippen LogP contribution in [0.15, 0.2) is 0 Å². The minimum absolute atomic E-state index is 0.0350. The molecule has 0 aliphatic carbocycles. The summed E-state index contributed by atoms with van der Waals surface area (Å²) in [6.45, 7) is 4.58. The van der Waals surface area contributed by atoms with Crippen molar-refractivity contribution < 1.29 is 29.4 Å². The molecule has 1 atom stereocenters. The molecular weight excluding hydrogens is 276 g/mol. The average Bonchev–Trinajstić information content (AvgIpc) is 2.22. The van der Waals surface area contributed by atoms with E-state index in [1.165, 1.54) is 0 Å². The van der Waals surface area contributed by atoms with Gasteiger partial charge in [0, 0.05) is 6.42 Å². The second kappa shape index (κ2) is 8.12. The zero-order valence-electron chi connectivity index (χ0n) is 11.6. The van der Waals surface area contributed by atoms with Crippen LogP contribution in [0.1, 0.15) is 40.0 Å². The third-order valence-electron chi connectivity index (χ3n) is 1.93. The maximum absolute atomic E-state index is 11.4. The zero-order valence-corrected chi connectivity index (χ0v) is 11.6. The van der Waals surface area contributed by atoms with Gasteiger partial charge in [-0.25, -0.2) is 0 Å². The van der Waals surface area contributed by atoms with Gasteiger partial charge in [0.15, 0.2) is 0 Å². The highest BCUT2D eigenvalue weighted by Gasteiger charge is 2.19. The molecule has 0 amide bonds. The number of rotatable bonds is 9. The number of carbonyl (C=O) groups is 1. The van der Waals surface area contributed by atoms with Crippen LogP contribution in [0, 0.1) is 20.2 Å². The number of hydrogen-bond donors (Lipinski definition) is 0. The van der Waals surface area contributed by atoms with Crippen LogP contribution in [0.4, 0.5) is 0 Å². The number of ether oxygens (including phenoxy) is 1. The molecule has 0 aromatic heterocycles. The fraction of sp³-hybridized carbons (Fsp3) is 0.900. The van der Waals surface area contributed by atoms with Crippen molar-refractivity contribution in [3.05, 3.63) is 20.2 Å². The van der Waals surface area contributed by atoms with Crippen molar-refractivity contribution in [3.63, 3.8) is 0 Å². The predicted molar refractivity (Wildman–Crippen MR) is 64.5 cm³/mol. The summed E-state index contributed by atoms with van der Waals surface area (Å²) in [5.41, 5.74) is -0.609. The van der Waals surface area contributed by atoms with Gasteiger partial charge in [0.1, 0.15) is 18.3 Å². The molecule has 0 aliphatic heterocycles. The van der Waals surface area contributed by atoms with Crippen molar-refractivity contribution in [1.29, 1.82) is 0 Å². The minimum Gasteiger partial charge on any atom is -0.460 e. The highest BCUT2D eigenvalue weighted by molar-refractivity contribution is 5.69. The smallest absolute Gasteiger partial charge is 0.306 e. The van der Waals surface area contributed by atoms with Gasteiger partial charge < -0.3 is 14.4 Å². The van der Waals surface area contributed by atoms with Crippen molar-refractivity contribution >= 4 is 5.97 Å². The molecule has 0 N–H and O–H groups in total. The van der Waals surface area contributed by atoms with Gasteiger partial charge in [-0.3, -0.25) is 4.79 Å². The molecule has 20 heavy (non-hydrogen) atoms. The van der Waals surface area contributed by atoms with E-state index in [0.717, 1.165) is 0 Å². The Kier molecular flexibility index (Phi) is 7.26. The van der Waals surface area contributed by atoms with Gasteiger partial charge in [0.2, 0.25) is 0 Å². The van der Waals surface area contributed by atoms with Gasteiger partial charge in [0.05, 0.1) is 0 Å². The molecule has 0 heterocycles. The molecule has 0 fully saturated rings. The van der Waals surface area contributed by atoms with Crippen LogP contribution < -0.4 is 0 Å². The summed E-state index contributed by atoms with van der Waals surface area (Å²) >= 11 is 0. The highest BCUT2D eigenvalue weighted by Crippen LogP contribution is 2.12. The van der Waals surface area contributed by atoms with E-state index in [9.17, 15) is 25.0 Å². The van der Waals surface area contributed by atoms with Crippen LogP contribution in [-0.4, -0.2) is 34.5 Å². The lowest BCUT2D eigenvalue weighted by molar-refractivity contribution is -0.790. The van der Waals surface area contributed by atoms with E-state index in [4.69, 9.17) is 4.74 Å². The summed E-state index contributed by atoms with van der Waals surface area (Å²) < 4.78 is 5.05. The van der Waals surface area contributed by atoms with Crippen LogP contribution in [0.2, 0.25) is 0 Å². The van der Waals surface area contributed by atoms with Gasteiger partial charge in [0.25, 0.3) is 10.2 Å². The Morgan fingerprint density at radius 3 is 2.25 bits per heavy atom. The number of hydrogen-bond acceptors (Lipinski definition) is 8. The zero-order chi connectivity index (χ0) is 15.8. The van der Waals surface area contributed by atoms with Crippen LogP contribution >= 0.6 is 0 Å². The SMILES string of the molecule is CC(C)(C)OC(=O)CCC[C@@H](CO[N+](=O)[O-])O[N+](=O)[O-]. The Labute approximate surface area is 115 Å². The second-order valence-electron chi connectivity index (χ2n) is 4.95. The van der Waals surface area contributed by atoms with Gasteiger partial charge in [-0.15, -0.1) is 20.2 Å². The maximum atomic E-state index is 11.4. The first-order chi connectivity index (χ1) is 9.10. The lowest BCUT2D eigenvalue weighted by Crippen LogP contribution is -2.26. The quantitative estimate of drug-likeness (QED) is 0.353. The Morgan fingerprint density at radius 1 is 1.20 bits per heavy atom. The molecule has 0 aromatic carbocycles. The monoisotopic (exact) mass is 294 g/mol. The first-order valence-electron chi connectivity index (χ1n) is 5.90. The predicted octanol–water partition coefficient (Wildman–Crippen LogP) is 1.28. The molecule has 10 nitrogen and oxygen atoms in total. The molecule has 0 rings (SSSR count). The summed E-state index contributed by atoms with van der Waals surface area (Å²) in [6.07, 6.45) is -0.770. The Morgan fingerprint density at radius 2 is 1.80 bits per heavy atom. The van der Waals surface area contributed by atoms with E-state index < -0.39 is 34.5 Å². The molecule has 0 bridgehead atoms. The number of nitrogens with zero attached hydrogens (tertiary/aromatic N) is 2. The average molecular weight is 294 g/mol.